The predicted octanol–water partition coefficient (Wildman–Crippen LogP) is 5.61. The molecule has 1 aromatic heterocycles. The lowest BCUT2D eigenvalue weighted by Gasteiger charge is -2.19. The van der Waals surface area contributed by atoms with Gasteiger partial charge in [-0.05, 0) is 49.1 Å². The normalized spacial score (nSPS) is 11.7. The van der Waals surface area contributed by atoms with Gasteiger partial charge in [0.15, 0.2) is 11.0 Å². The van der Waals surface area contributed by atoms with E-state index < -0.39 is 0 Å². The third-order valence-corrected chi connectivity index (χ3v) is 5.97. The smallest absolute Gasteiger partial charge is 0.230 e. The van der Waals surface area contributed by atoms with Gasteiger partial charge < -0.3 is 5.32 Å². The summed E-state index contributed by atoms with van der Waals surface area (Å²) in [5.41, 5.74) is 3.28. The maximum Gasteiger partial charge on any atom is 0.230 e. The molecule has 3 aromatic rings. The van der Waals surface area contributed by atoms with Gasteiger partial charge in [0, 0.05) is 21.8 Å². The Bertz CT molecular complexity index is 1010. The van der Waals surface area contributed by atoms with Crippen LogP contribution in [0.15, 0.2) is 58.2 Å². The van der Waals surface area contributed by atoms with Crippen molar-refractivity contribution in [3.63, 3.8) is 0 Å². The summed E-state index contributed by atoms with van der Waals surface area (Å²) in [7, 11) is 0. The molecule has 0 radical (unpaired) electrons. The van der Waals surface area contributed by atoms with Crippen LogP contribution in [-0.2, 0) is 10.2 Å². The lowest BCUT2D eigenvalue weighted by Crippen LogP contribution is -2.31. The molecule has 0 atom stereocenters. The highest BCUT2D eigenvalue weighted by atomic mass is 79.9. The largest absolute Gasteiger partial charge is 0.353 e. The first-order chi connectivity index (χ1) is 14.1. The number of benzene rings is 2. The standard InChI is InChI=1S/C23H27BrN4OS/c1-15(2)25-20(29)14-30-22-27-26-21(28(22)19-12-10-18(24)11-13-19)16-6-8-17(9-7-16)23(3,4)5/h6-13,15H,14H2,1-5H3,(H,25,29). The molecule has 0 spiro atoms. The number of aromatic nitrogens is 3. The number of thioether (sulfide) groups is 1. The van der Waals surface area contributed by atoms with Gasteiger partial charge in [-0.25, -0.2) is 0 Å². The molecule has 30 heavy (non-hydrogen) atoms. The summed E-state index contributed by atoms with van der Waals surface area (Å²) in [6, 6.07) is 16.6. The van der Waals surface area contributed by atoms with Crippen molar-refractivity contribution < 1.29 is 4.79 Å². The maximum atomic E-state index is 12.1. The second kappa shape index (κ2) is 9.35. The van der Waals surface area contributed by atoms with Crippen LogP contribution in [0.1, 0.15) is 40.2 Å². The zero-order valence-corrected chi connectivity index (χ0v) is 20.3. The summed E-state index contributed by atoms with van der Waals surface area (Å²) in [5.74, 6) is 1.02. The number of carbonyl (C=O) groups is 1. The molecule has 0 aliphatic carbocycles. The Kier molecular flexibility index (Phi) is 7.03. The summed E-state index contributed by atoms with van der Waals surface area (Å²) in [6.07, 6.45) is 0. The van der Waals surface area contributed by atoms with Crippen LogP contribution < -0.4 is 5.32 Å². The minimum absolute atomic E-state index is 0.0172. The van der Waals surface area contributed by atoms with E-state index in [2.05, 4.69) is 76.5 Å². The van der Waals surface area contributed by atoms with Crippen LogP contribution in [0, 0.1) is 0 Å². The number of rotatable bonds is 6. The molecule has 1 amide bonds. The lowest BCUT2D eigenvalue weighted by atomic mass is 9.87. The molecule has 5 nitrogen and oxygen atoms in total. The Morgan fingerprint density at radius 2 is 1.70 bits per heavy atom. The summed E-state index contributed by atoms with van der Waals surface area (Å²) in [4.78, 5) is 12.1. The monoisotopic (exact) mass is 486 g/mol. The molecule has 0 bridgehead atoms. The van der Waals surface area contributed by atoms with Crippen molar-refractivity contribution >= 4 is 33.6 Å². The highest BCUT2D eigenvalue weighted by Gasteiger charge is 2.19. The van der Waals surface area contributed by atoms with Crippen LogP contribution >= 0.6 is 27.7 Å². The third kappa shape index (κ3) is 5.52. The van der Waals surface area contributed by atoms with E-state index in [1.165, 1.54) is 17.3 Å². The quantitative estimate of drug-likeness (QED) is 0.459. The average Bonchev–Trinajstić information content (AvgIpc) is 3.10. The molecule has 0 saturated heterocycles. The number of hydrogen-bond acceptors (Lipinski definition) is 4. The van der Waals surface area contributed by atoms with E-state index in [4.69, 9.17) is 0 Å². The lowest BCUT2D eigenvalue weighted by molar-refractivity contribution is -0.119. The SMILES string of the molecule is CC(C)NC(=O)CSc1nnc(-c2ccc(C(C)(C)C)cc2)n1-c1ccc(Br)cc1. The molecular formula is C23H27BrN4OS. The number of carbonyl (C=O) groups excluding carboxylic acids is 1. The molecule has 0 unspecified atom stereocenters. The maximum absolute atomic E-state index is 12.1. The Morgan fingerprint density at radius 1 is 1.07 bits per heavy atom. The van der Waals surface area contributed by atoms with Gasteiger partial charge in [0.05, 0.1) is 5.75 Å². The third-order valence-electron chi connectivity index (χ3n) is 4.51. The van der Waals surface area contributed by atoms with Gasteiger partial charge in [-0.15, -0.1) is 10.2 Å². The van der Waals surface area contributed by atoms with Gasteiger partial charge in [0.1, 0.15) is 0 Å². The molecule has 7 heteroatoms. The van der Waals surface area contributed by atoms with Crippen molar-refractivity contribution in [2.45, 2.75) is 51.2 Å². The van der Waals surface area contributed by atoms with Crippen LogP contribution in [0.25, 0.3) is 17.1 Å². The molecular weight excluding hydrogens is 460 g/mol. The Hall–Kier alpha value is -2.12. The molecule has 0 fully saturated rings. The van der Waals surface area contributed by atoms with Crippen LogP contribution in [-0.4, -0.2) is 32.5 Å². The van der Waals surface area contributed by atoms with Crippen LogP contribution in [0.3, 0.4) is 0 Å². The van der Waals surface area contributed by atoms with Gasteiger partial charge in [-0.3, -0.25) is 9.36 Å². The van der Waals surface area contributed by atoms with E-state index in [1.807, 2.05) is 42.7 Å². The fourth-order valence-corrected chi connectivity index (χ4v) is 4.01. The average molecular weight is 487 g/mol. The second-order valence-corrected chi connectivity index (χ2v) is 10.3. The molecule has 3 rings (SSSR count). The Balaban J connectivity index is 1.98. The van der Waals surface area contributed by atoms with E-state index >= 15 is 0 Å². The van der Waals surface area contributed by atoms with E-state index in [-0.39, 0.29) is 23.1 Å². The fourth-order valence-electron chi connectivity index (χ4n) is 2.99. The number of amides is 1. The van der Waals surface area contributed by atoms with Crippen LogP contribution in [0.5, 0.6) is 0 Å². The number of nitrogens with one attached hydrogen (secondary N) is 1. The molecule has 158 valence electrons. The first-order valence-corrected chi connectivity index (χ1v) is 11.7. The summed E-state index contributed by atoms with van der Waals surface area (Å²) < 4.78 is 3.01. The zero-order chi connectivity index (χ0) is 21.9. The number of nitrogens with zero attached hydrogens (tertiary/aromatic N) is 3. The minimum atomic E-state index is -0.0172. The van der Waals surface area contributed by atoms with Crippen molar-refractivity contribution in [1.29, 1.82) is 0 Å². The first-order valence-electron chi connectivity index (χ1n) is 9.89. The van der Waals surface area contributed by atoms with Gasteiger partial charge in [0.2, 0.25) is 5.91 Å². The molecule has 0 aliphatic heterocycles. The summed E-state index contributed by atoms with van der Waals surface area (Å²) >= 11 is 4.88. The van der Waals surface area contributed by atoms with Crippen LogP contribution in [0.4, 0.5) is 0 Å². The zero-order valence-electron chi connectivity index (χ0n) is 17.9. The summed E-state index contributed by atoms with van der Waals surface area (Å²) in [6.45, 7) is 10.5. The van der Waals surface area contributed by atoms with Gasteiger partial charge in [-0.2, -0.15) is 0 Å². The van der Waals surface area contributed by atoms with E-state index in [1.54, 1.807) is 0 Å². The Morgan fingerprint density at radius 3 is 2.27 bits per heavy atom. The van der Waals surface area contributed by atoms with Gasteiger partial charge in [0.25, 0.3) is 0 Å². The minimum Gasteiger partial charge on any atom is -0.353 e. The van der Waals surface area contributed by atoms with Gasteiger partial charge in [-0.1, -0.05) is 72.7 Å². The van der Waals surface area contributed by atoms with Crippen molar-refractivity contribution in [3.05, 3.63) is 58.6 Å². The fraction of sp³-hybridized carbons (Fsp3) is 0.348. The molecule has 2 aromatic carbocycles. The molecule has 0 saturated carbocycles. The Labute approximate surface area is 190 Å². The predicted molar refractivity (Wildman–Crippen MR) is 127 cm³/mol. The second-order valence-electron chi connectivity index (χ2n) is 8.46. The highest BCUT2D eigenvalue weighted by molar-refractivity contribution is 9.10. The van der Waals surface area contributed by atoms with E-state index in [9.17, 15) is 4.79 Å². The molecule has 0 aliphatic rings. The van der Waals surface area contributed by atoms with Crippen molar-refractivity contribution in [2.75, 3.05) is 5.75 Å². The number of hydrogen-bond donors (Lipinski definition) is 1. The first kappa shape index (κ1) is 22.6. The van der Waals surface area contributed by atoms with Crippen LogP contribution in [0.2, 0.25) is 0 Å². The molecule has 1 N–H and O–H groups in total. The van der Waals surface area contributed by atoms with Crippen molar-refractivity contribution in [2.24, 2.45) is 0 Å². The highest BCUT2D eigenvalue weighted by Crippen LogP contribution is 2.30. The number of halogens is 1. The molecule has 1 heterocycles. The summed E-state index contributed by atoms with van der Waals surface area (Å²) in [5, 5.41) is 12.5. The van der Waals surface area contributed by atoms with E-state index in [0.717, 1.165) is 21.5 Å². The van der Waals surface area contributed by atoms with Gasteiger partial charge >= 0.3 is 0 Å². The topological polar surface area (TPSA) is 59.8 Å². The van der Waals surface area contributed by atoms with Crippen molar-refractivity contribution in [3.8, 4) is 17.1 Å². The van der Waals surface area contributed by atoms with E-state index in [0.29, 0.717) is 5.16 Å². The van der Waals surface area contributed by atoms with Crippen molar-refractivity contribution in [1.82, 2.24) is 20.1 Å².